The Balaban J connectivity index is 1.65. The molecular weight excluding hydrogens is 315 g/mol. The summed E-state index contributed by atoms with van der Waals surface area (Å²) in [6.45, 7) is 4.95. The number of fused-ring (bicyclic) bond motifs is 1. The summed E-state index contributed by atoms with van der Waals surface area (Å²) in [5.41, 5.74) is 1.01. The molecule has 120 valence electrons. The Morgan fingerprint density at radius 2 is 2.00 bits per heavy atom. The number of aryl methyl sites for hydroxylation is 3. The van der Waals surface area contributed by atoms with Crippen LogP contribution in [0.15, 0.2) is 35.4 Å². The van der Waals surface area contributed by atoms with Gasteiger partial charge in [-0.15, -0.1) is 11.3 Å². The molecule has 4 nitrogen and oxygen atoms in total. The summed E-state index contributed by atoms with van der Waals surface area (Å²) in [6, 6.07) is 5.90. The fraction of sp³-hybridized carbons (Fsp3) is 0.294. The molecule has 6 heteroatoms. The van der Waals surface area contributed by atoms with Gasteiger partial charge in [0.05, 0.1) is 18.3 Å². The van der Waals surface area contributed by atoms with Crippen molar-refractivity contribution < 1.29 is 9.13 Å². The first-order valence-electron chi connectivity index (χ1n) is 7.40. The monoisotopic (exact) mass is 332 g/mol. The van der Waals surface area contributed by atoms with E-state index in [0.29, 0.717) is 25.3 Å². The van der Waals surface area contributed by atoms with Gasteiger partial charge in [-0.1, -0.05) is 0 Å². The zero-order valence-electron chi connectivity index (χ0n) is 13.0. The highest BCUT2D eigenvalue weighted by molar-refractivity contribution is 7.18. The maximum atomic E-state index is 12.8. The van der Waals surface area contributed by atoms with Gasteiger partial charge in [0.25, 0.3) is 5.56 Å². The van der Waals surface area contributed by atoms with Crippen LogP contribution >= 0.6 is 11.3 Å². The van der Waals surface area contributed by atoms with E-state index >= 15 is 0 Å². The number of ether oxygens (including phenoxy) is 1. The molecule has 3 rings (SSSR count). The van der Waals surface area contributed by atoms with Gasteiger partial charge in [-0.3, -0.25) is 9.36 Å². The van der Waals surface area contributed by atoms with E-state index in [1.54, 1.807) is 34.4 Å². The molecule has 23 heavy (non-hydrogen) atoms. The van der Waals surface area contributed by atoms with Crippen LogP contribution in [0.1, 0.15) is 16.9 Å². The number of halogens is 1. The molecule has 0 aliphatic heterocycles. The number of rotatable bonds is 5. The highest BCUT2D eigenvalue weighted by atomic mass is 32.1. The predicted molar refractivity (Wildman–Crippen MR) is 89.9 cm³/mol. The Bertz CT molecular complexity index is 884. The predicted octanol–water partition coefficient (Wildman–Crippen LogP) is 3.68. The van der Waals surface area contributed by atoms with Crippen molar-refractivity contribution in [2.75, 3.05) is 6.61 Å². The van der Waals surface area contributed by atoms with Crippen LogP contribution in [-0.2, 0) is 6.54 Å². The van der Waals surface area contributed by atoms with Gasteiger partial charge in [0.2, 0.25) is 0 Å². The Morgan fingerprint density at radius 1 is 1.26 bits per heavy atom. The third-order valence-corrected chi connectivity index (χ3v) is 4.90. The minimum absolute atomic E-state index is 0.00127. The van der Waals surface area contributed by atoms with Gasteiger partial charge < -0.3 is 4.74 Å². The quantitative estimate of drug-likeness (QED) is 0.670. The number of aromatic nitrogens is 2. The lowest BCUT2D eigenvalue weighted by molar-refractivity contribution is 0.300. The Hall–Kier alpha value is -2.21. The van der Waals surface area contributed by atoms with E-state index in [1.807, 2.05) is 13.8 Å². The van der Waals surface area contributed by atoms with Crippen molar-refractivity contribution in [2.24, 2.45) is 0 Å². The fourth-order valence-corrected chi connectivity index (χ4v) is 3.37. The molecule has 0 unspecified atom stereocenters. The second-order valence-corrected chi connectivity index (χ2v) is 6.57. The number of hydrogen-bond acceptors (Lipinski definition) is 4. The molecule has 0 spiro atoms. The van der Waals surface area contributed by atoms with E-state index in [4.69, 9.17) is 4.74 Å². The van der Waals surface area contributed by atoms with Gasteiger partial charge in [0.15, 0.2) is 0 Å². The van der Waals surface area contributed by atoms with Crippen molar-refractivity contribution >= 4 is 21.6 Å². The molecular formula is C17H17FN2O2S. The molecule has 3 aromatic rings. The van der Waals surface area contributed by atoms with Crippen LogP contribution in [0.2, 0.25) is 0 Å². The van der Waals surface area contributed by atoms with E-state index in [9.17, 15) is 9.18 Å². The first kappa shape index (κ1) is 15.7. The maximum Gasteiger partial charge on any atom is 0.262 e. The normalized spacial score (nSPS) is 11.1. The Morgan fingerprint density at radius 3 is 2.74 bits per heavy atom. The van der Waals surface area contributed by atoms with Crippen LogP contribution in [0.4, 0.5) is 4.39 Å². The van der Waals surface area contributed by atoms with Crippen LogP contribution in [-0.4, -0.2) is 16.2 Å². The molecule has 0 amide bonds. The highest BCUT2D eigenvalue weighted by Gasteiger charge is 2.11. The zero-order chi connectivity index (χ0) is 16.4. The third-order valence-electron chi connectivity index (χ3n) is 3.78. The average Bonchev–Trinajstić information content (AvgIpc) is 2.83. The minimum Gasteiger partial charge on any atom is -0.494 e. The SMILES string of the molecule is Cc1sc2ncn(CCCOc3ccc(F)cc3)c(=O)c2c1C. The Kier molecular flexibility index (Phi) is 4.43. The second-order valence-electron chi connectivity index (χ2n) is 5.36. The van der Waals surface area contributed by atoms with Gasteiger partial charge in [0, 0.05) is 11.4 Å². The summed E-state index contributed by atoms with van der Waals surface area (Å²) in [6.07, 6.45) is 2.27. The molecule has 0 aliphatic carbocycles. The molecule has 1 aromatic carbocycles. The standard InChI is InChI=1S/C17H17FN2O2S/c1-11-12(2)23-16-15(11)17(21)20(10-19-16)8-3-9-22-14-6-4-13(18)5-7-14/h4-7,10H,3,8-9H2,1-2H3. The van der Waals surface area contributed by atoms with E-state index in [-0.39, 0.29) is 11.4 Å². The zero-order valence-corrected chi connectivity index (χ0v) is 13.8. The van der Waals surface area contributed by atoms with Crippen molar-refractivity contribution in [3.63, 3.8) is 0 Å². The van der Waals surface area contributed by atoms with Gasteiger partial charge in [-0.25, -0.2) is 9.37 Å². The van der Waals surface area contributed by atoms with Crippen molar-refractivity contribution in [3.05, 3.63) is 57.2 Å². The van der Waals surface area contributed by atoms with Crippen LogP contribution < -0.4 is 10.3 Å². The van der Waals surface area contributed by atoms with Crippen LogP contribution in [0.25, 0.3) is 10.2 Å². The van der Waals surface area contributed by atoms with Gasteiger partial charge in [-0.2, -0.15) is 0 Å². The smallest absolute Gasteiger partial charge is 0.262 e. The van der Waals surface area contributed by atoms with Crippen LogP contribution in [0.3, 0.4) is 0 Å². The topological polar surface area (TPSA) is 44.1 Å². The molecule has 0 saturated heterocycles. The summed E-state index contributed by atoms with van der Waals surface area (Å²) in [5, 5.41) is 0.717. The largest absolute Gasteiger partial charge is 0.494 e. The molecule has 0 bridgehead atoms. The first-order chi connectivity index (χ1) is 11.1. The summed E-state index contributed by atoms with van der Waals surface area (Å²) in [5.74, 6) is 0.335. The lowest BCUT2D eigenvalue weighted by atomic mass is 10.2. The fourth-order valence-electron chi connectivity index (χ4n) is 2.38. The number of nitrogens with zero attached hydrogens (tertiary/aromatic N) is 2. The number of thiophene rings is 1. The van der Waals surface area contributed by atoms with E-state index in [1.165, 1.54) is 12.1 Å². The van der Waals surface area contributed by atoms with Crippen molar-refractivity contribution in [1.82, 2.24) is 9.55 Å². The summed E-state index contributed by atoms with van der Waals surface area (Å²) < 4.78 is 20.0. The van der Waals surface area contributed by atoms with Crippen molar-refractivity contribution in [2.45, 2.75) is 26.8 Å². The van der Waals surface area contributed by atoms with Gasteiger partial charge in [0.1, 0.15) is 16.4 Å². The number of hydrogen-bond donors (Lipinski definition) is 0. The molecule has 0 N–H and O–H groups in total. The summed E-state index contributed by atoms with van der Waals surface area (Å²) in [4.78, 5) is 18.8. The minimum atomic E-state index is -0.287. The highest BCUT2D eigenvalue weighted by Crippen LogP contribution is 2.25. The molecule has 0 atom stereocenters. The lowest BCUT2D eigenvalue weighted by Crippen LogP contribution is -2.21. The molecule has 0 aliphatic rings. The van der Waals surface area contributed by atoms with Crippen LogP contribution in [0.5, 0.6) is 5.75 Å². The average molecular weight is 332 g/mol. The maximum absolute atomic E-state index is 12.8. The summed E-state index contributed by atoms with van der Waals surface area (Å²) in [7, 11) is 0. The van der Waals surface area contributed by atoms with Gasteiger partial charge in [-0.05, 0) is 50.1 Å². The van der Waals surface area contributed by atoms with Gasteiger partial charge >= 0.3 is 0 Å². The molecule has 0 radical (unpaired) electrons. The van der Waals surface area contributed by atoms with E-state index in [2.05, 4.69) is 4.98 Å². The summed E-state index contributed by atoms with van der Waals surface area (Å²) >= 11 is 1.55. The first-order valence-corrected chi connectivity index (χ1v) is 8.21. The van der Waals surface area contributed by atoms with Crippen molar-refractivity contribution in [3.8, 4) is 5.75 Å². The lowest BCUT2D eigenvalue weighted by Gasteiger charge is -2.08. The van der Waals surface area contributed by atoms with Crippen LogP contribution in [0, 0.1) is 19.7 Å². The van der Waals surface area contributed by atoms with E-state index < -0.39 is 0 Å². The van der Waals surface area contributed by atoms with Crippen molar-refractivity contribution in [1.29, 1.82) is 0 Å². The molecule has 0 fully saturated rings. The molecule has 0 saturated carbocycles. The number of benzene rings is 1. The Labute approximate surface area is 137 Å². The van der Waals surface area contributed by atoms with E-state index in [0.717, 1.165) is 20.7 Å². The second kappa shape index (κ2) is 6.50. The molecule has 2 aromatic heterocycles. The molecule has 2 heterocycles. The third kappa shape index (κ3) is 3.27.